The Kier molecular flexibility index (Phi) is 5.49. The third-order valence-electron chi connectivity index (χ3n) is 3.01. The lowest BCUT2D eigenvalue weighted by Gasteiger charge is -2.06. The van der Waals surface area contributed by atoms with Crippen molar-refractivity contribution in [2.45, 2.75) is 13.0 Å². The number of methoxy groups -OCH3 is 1. The number of carbonyl (C=O) groups excluding carboxylic acids is 1. The summed E-state index contributed by atoms with van der Waals surface area (Å²) in [5.74, 6) is -0.437. The summed E-state index contributed by atoms with van der Waals surface area (Å²) in [6, 6.07) is 3.03. The molecule has 0 fully saturated rings. The average Bonchev–Trinajstić information content (AvgIpc) is 2.72. The number of nitrogens with zero attached hydrogens (tertiary/aromatic N) is 1. The summed E-state index contributed by atoms with van der Waals surface area (Å²) in [4.78, 5) is 14.6. The van der Waals surface area contributed by atoms with Crippen LogP contribution < -0.4 is 5.32 Å². The van der Waals surface area contributed by atoms with E-state index in [9.17, 15) is 9.18 Å². The van der Waals surface area contributed by atoms with Gasteiger partial charge in [-0.15, -0.1) is 0 Å². The molecule has 0 radical (unpaired) electrons. The van der Waals surface area contributed by atoms with Gasteiger partial charge in [0.2, 0.25) is 5.91 Å². The maximum absolute atomic E-state index is 13.5. The summed E-state index contributed by atoms with van der Waals surface area (Å²) in [5.41, 5.74) is 1.37. The molecule has 21 heavy (non-hydrogen) atoms. The highest BCUT2D eigenvalue weighted by Crippen LogP contribution is 2.23. The molecule has 0 aliphatic rings. The number of hydrogen-bond donors (Lipinski definition) is 2. The van der Waals surface area contributed by atoms with Crippen LogP contribution in [0, 0.1) is 10.6 Å². The van der Waals surface area contributed by atoms with Crippen LogP contribution in [0.2, 0.25) is 0 Å². The predicted molar refractivity (Wildman–Crippen MR) is 84.3 cm³/mol. The molecule has 0 saturated heterocycles. The van der Waals surface area contributed by atoms with Gasteiger partial charge in [0.25, 0.3) is 0 Å². The van der Waals surface area contributed by atoms with E-state index in [1.165, 1.54) is 6.07 Å². The molecule has 0 unspecified atom stereocenters. The molecular formula is C13H15BrFN3O2S. The van der Waals surface area contributed by atoms with Crippen LogP contribution in [-0.2, 0) is 16.1 Å². The molecule has 0 aliphatic carbocycles. The van der Waals surface area contributed by atoms with Crippen LogP contribution in [0.15, 0.2) is 16.6 Å². The van der Waals surface area contributed by atoms with E-state index in [-0.39, 0.29) is 11.7 Å². The van der Waals surface area contributed by atoms with Crippen LogP contribution in [0.3, 0.4) is 0 Å². The number of amides is 1. The Labute approximate surface area is 134 Å². The molecule has 2 rings (SSSR count). The Balaban J connectivity index is 2.12. The van der Waals surface area contributed by atoms with Crippen molar-refractivity contribution in [3.63, 3.8) is 0 Å². The molecule has 0 saturated carbocycles. The third-order valence-corrected chi connectivity index (χ3v) is 3.94. The van der Waals surface area contributed by atoms with Gasteiger partial charge in [-0.1, -0.05) is 0 Å². The van der Waals surface area contributed by atoms with Crippen molar-refractivity contribution < 1.29 is 13.9 Å². The Morgan fingerprint density at radius 1 is 1.57 bits per heavy atom. The fourth-order valence-electron chi connectivity index (χ4n) is 1.97. The number of nitrogens with one attached hydrogen (secondary N) is 2. The number of aromatic nitrogens is 2. The van der Waals surface area contributed by atoms with E-state index in [0.717, 1.165) is 5.52 Å². The number of aromatic amines is 1. The second-order valence-electron chi connectivity index (χ2n) is 4.46. The van der Waals surface area contributed by atoms with Crippen molar-refractivity contribution >= 4 is 45.1 Å². The maximum Gasteiger partial charge on any atom is 0.221 e. The first kappa shape index (κ1) is 16.1. The molecule has 2 aromatic rings. The summed E-state index contributed by atoms with van der Waals surface area (Å²) in [7, 11) is 1.58. The first-order valence-corrected chi connectivity index (χ1v) is 7.56. The quantitative estimate of drug-likeness (QED) is 0.602. The summed E-state index contributed by atoms with van der Waals surface area (Å²) >= 11 is 8.37. The van der Waals surface area contributed by atoms with Crippen molar-refractivity contribution in [2.24, 2.45) is 0 Å². The van der Waals surface area contributed by atoms with Gasteiger partial charge in [0.15, 0.2) is 4.77 Å². The molecule has 1 heterocycles. The van der Waals surface area contributed by atoms with E-state index in [2.05, 4.69) is 26.2 Å². The summed E-state index contributed by atoms with van der Waals surface area (Å²) in [6.45, 7) is 1.38. The number of halogens is 2. The zero-order chi connectivity index (χ0) is 15.4. The topological polar surface area (TPSA) is 59.0 Å². The van der Waals surface area contributed by atoms with E-state index in [1.54, 1.807) is 17.7 Å². The minimum Gasteiger partial charge on any atom is -0.383 e. The van der Waals surface area contributed by atoms with E-state index in [4.69, 9.17) is 17.0 Å². The van der Waals surface area contributed by atoms with E-state index in [1.807, 2.05) is 0 Å². The van der Waals surface area contributed by atoms with Gasteiger partial charge in [0, 0.05) is 32.7 Å². The minimum atomic E-state index is -0.358. The number of fused-ring (bicyclic) bond motifs is 1. The van der Waals surface area contributed by atoms with Gasteiger partial charge in [-0.25, -0.2) is 4.39 Å². The zero-order valence-electron chi connectivity index (χ0n) is 11.4. The lowest BCUT2D eigenvalue weighted by Crippen LogP contribution is -2.27. The number of rotatable bonds is 6. The Hall–Kier alpha value is -1.25. The molecule has 114 valence electrons. The lowest BCUT2D eigenvalue weighted by atomic mass is 10.3. The lowest BCUT2D eigenvalue weighted by molar-refractivity contribution is -0.121. The van der Waals surface area contributed by atoms with Gasteiger partial charge in [0.05, 0.1) is 22.1 Å². The van der Waals surface area contributed by atoms with E-state index >= 15 is 0 Å². The molecule has 0 aliphatic heterocycles. The average molecular weight is 376 g/mol. The molecule has 0 bridgehead atoms. The van der Waals surface area contributed by atoms with Crippen molar-refractivity contribution in [1.29, 1.82) is 0 Å². The fraction of sp³-hybridized carbons (Fsp3) is 0.385. The zero-order valence-corrected chi connectivity index (χ0v) is 13.8. The van der Waals surface area contributed by atoms with Gasteiger partial charge < -0.3 is 19.6 Å². The Morgan fingerprint density at radius 3 is 3.05 bits per heavy atom. The smallest absolute Gasteiger partial charge is 0.221 e. The third kappa shape index (κ3) is 3.90. The van der Waals surface area contributed by atoms with E-state index < -0.39 is 0 Å². The molecule has 8 heteroatoms. The normalized spacial score (nSPS) is 11.0. The number of hydrogen-bond acceptors (Lipinski definition) is 3. The van der Waals surface area contributed by atoms with Crippen molar-refractivity contribution in [2.75, 3.05) is 20.3 Å². The van der Waals surface area contributed by atoms with Gasteiger partial charge in [0.1, 0.15) is 5.82 Å². The van der Waals surface area contributed by atoms with Crippen LogP contribution in [0.1, 0.15) is 6.42 Å². The first-order chi connectivity index (χ1) is 10.0. The van der Waals surface area contributed by atoms with Crippen LogP contribution in [0.4, 0.5) is 4.39 Å². The van der Waals surface area contributed by atoms with Crippen molar-refractivity contribution in [3.05, 3.63) is 27.2 Å². The van der Waals surface area contributed by atoms with E-state index in [0.29, 0.717) is 40.9 Å². The molecular weight excluding hydrogens is 361 g/mol. The van der Waals surface area contributed by atoms with Gasteiger partial charge in [-0.2, -0.15) is 0 Å². The van der Waals surface area contributed by atoms with Crippen LogP contribution in [0.25, 0.3) is 11.0 Å². The highest BCUT2D eigenvalue weighted by molar-refractivity contribution is 9.10. The van der Waals surface area contributed by atoms with Crippen LogP contribution >= 0.6 is 28.1 Å². The van der Waals surface area contributed by atoms with Crippen LogP contribution in [-0.4, -0.2) is 35.7 Å². The molecule has 0 spiro atoms. The number of carbonyl (C=O) groups is 1. The van der Waals surface area contributed by atoms with Crippen molar-refractivity contribution in [3.8, 4) is 0 Å². The Bertz CT molecular complexity index is 713. The number of imidazole rings is 1. The van der Waals surface area contributed by atoms with Gasteiger partial charge in [-0.3, -0.25) is 4.79 Å². The fourth-order valence-corrected chi connectivity index (χ4v) is 2.60. The van der Waals surface area contributed by atoms with Gasteiger partial charge in [-0.05, 0) is 34.2 Å². The number of H-pyrrole nitrogens is 1. The number of ether oxygens (including phenoxy) is 1. The monoisotopic (exact) mass is 375 g/mol. The second kappa shape index (κ2) is 7.15. The largest absolute Gasteiger partial charge is 0.383 e. The first-order valence-electron chi connectivity index (χ1n) is 6.36. The standard InChI is InChI=1S/C13H15BrFN3O2S/c1-20-5-3-16-12(19)2-4-18-11-6-8(14)9(15)7-10(11)17-13(18)21/h6-7H,2-5H2,1H3,(H,16,19)(H,17,21). The van der Waals surface area contributed by atoms with Crippen LogP contribution in [0.5, 0.6) is 0 Å². The number of benzene rings is 1. The Morgan fingerprint density at radius 2 is 2.33 bits per heavy atom. The summed E-state index contributed by atoms with van der Waals surface area (Å²) in [5, 5.41) is 2.74. The predicted octanol–water partition coefficient (Wildman–Crippen LogP) is 2.75. The highest BCUT2D eigenvalue weighted by Gasteiger charge is 2.10. The highest BCUT2D eigenvalue weighted by atomic mass is 79.9. The second-order valence-corrected chi connectivity index (χ2v) is 5.70. The number of aryl methyl sites for hydroxylation is 1. The molecule has 0 atom stereocenters. The maximum atomic E-state index is 13.5. The minimum absolute atomic E-state index is 0.0792. The molecule has 1 amide bonds. The SMILES string of the molecule is COCCNC(=O)CCn1c(=S)[nH]c2cc(F)c(Br)cc21. The molecule has 1 aromatic carbocycles. The van der Waals surface area contributed by atoms with Crippen molar-refractivity contribution in [1.82, 2.24) is 14.9 Å². The molecule has 2 N–H and O–H groups in total. The molecule has 5 nitrogen and oxygen atoms in total. The summed E-state index contributed by atoms with van der Waals surface area (Å²) in [6.07, 6.45) is 0.292. The van der Waals surface area contributed by atoms with Gasteiger partial charge >= 0.3 is 0 Å². The summed E-state index contributed by atoms with van der Waals surface area (Å²) < 4.78 is 21.0. The molecule has 1 aromatic heterocycles.